The molecule has 1 N–H and O–H groups in total. The summed E-state index contributed by atoms with van der Waals surface area (Å²) in [7, 11) is 0. The normalized spacial score (nSPS) is 10.3. The Labute approximate surface area is 91.7 Å². The predicted octanol–water partition coefficient (Wildman–Crippen LogP) is 4.08. The summed E-state index contributed by atoms with van der Waals surface area (Å²) < 4.78 is 0. The van der Waals surface area contributed by atoms with E-state index in [1.165, 1.54) is 19.3 Å². The molecule has 0 aromatic heterocycles. The van der Waals surface area contributed by atoms with Crippen LogP contribution in [0.5, 0.6) is 0 Å². The molecule has 0 aliphatic heterocycles. The van der Waals surface area contributed by atoms with Gasteiger partial charge in [-0.25, -0.2) is 0 Å². The van der Waals surface area contributed by atoms with Crippen LogP contribution in [-0.2, 0) is 0 Å². The van der Waals surface area contributed by atoms with E-state index in [9.17, 15) is 0 Å². The van der Waals surface area contributed by atoms with Crippen LogP contribution in [0.15, 0.2) is 0 Å². The highest BCUT2D eigenvalue weighted by Gasteiger charge is 1.94. The van der Waals surface area contributed by atoms with Crippen LogP contribution in [-0.4, -0.2) is 13.1 Å². The van der Waals surface area contributed by atoms with Crippen LogP contribution in [0.4, 0.5) is 0 Å². The molecule has 0 saturated heterocycles. The monoisotopic (exact) mass is 201 g/mol. The highest BCUT2D eigenvalue weighted by molar-refractivity contribution is 4.52. The van der Waals surface area contributed by atoms with E-state index in [0.717, 1.165) is 24.9 Å². The minimum Gasteiger partial charge on any atom is -0.316 e. The fourth-order valence-corrected chi connectivity index (χ4v) is 1.01. The lowest BCUT2D eigenvalue weighted by atomic mass is 10.2. The van der Waals surface area contributed by atoms with Gasteiger partial charge in [0.2, 0.25) is 0 Å². The number of hydrogen-bond acceptors (Lipinski definition) is 1. The Hall–Kier alpha value is -0.0400. The van der Waals surface area contributed by atoms with Crippen molar-refractivity contribution in [3.63, 3.8) is 0 Å². The van der Waals surface area contributed by atoms with Crippen LogP contribution >= 0.6 is 0 Å². The van der Waals surface area contributed by atoms with E-state index in [4.69, 9.17) is 0 Å². The molecule has 0 aliphatic carbocycles. The van der Waals surface area contributed by atoms with Crippen LogP contribution < -0.4 is 5.32 Å². The van der Waals surface area contributed by atoms with Crippen LogP contribution in [0, 0.1) is 11.8 Å². The molecule has 88 valence electrons. The summed E-state index contributed by atoms with van der Waals surface area (Å²) in [5, 5.41) is 3.38. The van der Waals surface area contributed by atoms with Gasteiger partial charge < -0.3 is 5.32 Å². The Morgan fingerprint density at radius 1 is 0.786 bits per heavy atom. The third kappa shape index (κ3) is 22.7. The molecule has 0 amide bonds. The highest BCUT2D eigenvalue weighted by Crippen LogP contribution is 1.90. The Bertz CT molecular complexity index is 77.2. The molecule has 0 aliphatic rings. The average molecular weight is 201 g/mol. The third-order valence-corrected chi connectivity index (χ3v) is 1.81. The van der Waals surface area contributed by atoms with Crippen molar-refractivity contribution in [1.82, 2.24) is 5.32 Å². The van der Waals surface area contributed by atoms with E-state index >= 15 is 0 Å². The molecular weight excluding hydrogens is 170 g/mol. The fraction of sp³-hybridized carbons (Fsp3) is 1.00. The minimum absolute atomic E-state index is 0.781. The van der Waals surface area contributed by atoms with Gasteiger partial charge >= 0.3 is 0 Å². The Balaban J connectivity index is 0. The summed E-state index contributed by atoms with van der Waals surface area (Å²) in [5.74, 6) is 1.56. The SMILES string of the molecule is CC(C)CNCC(C)C.CCCCC. The molecule has 0 bridgehead atoms. The minimum atomic E-state index is 0.781. The molecule has 0 aromatic carbocycles. The van der Waals surface area contributed by atoms with Gasteiger partial charge in [0.1, 0.15) is 0 Å². The van der Waals surface area contributed by atoms with Gasteiger partial charge in [-0.3, -0.25) is 0 Å². The summed E-state index contributed by atoms with van der Waals surface area (Å²) in [6.07, 6.45) is 4.08. The summed E-state index contributed by atoms with van der Waals surface area (Å²) >= 11 is 0. The van der Waals surface area contributed by atoms with Gasteiger partial charge in [0.25, 0.3) is 0 Å². The lowest BCUT2D eigenvalue weighted by Crippen LogP contribution is -2.23. The van der Waals surface area contributed by atoms with Crippen LogP contribution in [0.1, 0.15) is 60.8 Å². The zero-order valence-corrected chi connectivity index (χ0v) is 11.2. The van der Waals surface area contributed by atoms with Crippen molar-refractivity contribution < 1.29 is 0 Å². The number of nitrogens with one attached hydrogen (secondary N) is 1. The molecule has 0 rings (SSSR count). The van der Waals surface area contributed by atoms with E-state index in [-0.39, 0.29) is 0 Å². The highest BCUT2D eigenvalue weighted by atomic mass is 14.9. The van der Waals surface area contributed by atoms with Crippen LogP contribution in [0.2, 0.25) is 0 Å². The maximum absolute atomic E-state index is 3.38. The Morgan fingerprint density at radius 2 is 1.14 bits per heavy atom. The van der Waals surface area contributed by atoms with Gasteiger partial charge in [-0.2, -0.15) is 0 Å². The molecule has 1 heteroatoms. The van der Waals surface area contributed by atoms with Crippen LogP contribution in [0.3, 0.4) is 0 Å². The van der Waals surface area contributed by atoms with E-state index in [1.54, 1.807) is 0 Å². The van der Waals surface area contributed by atoms with Crippen molar-refractivity contribution in [2.24, 2.45) is 11.8 Å². The standard InChI is InChI=1S/C8H19N.C5H12/c1-7(2)5-9-6-8(3)4;1-3-5-4-2/h7-9H,5-6H2,1-4H3;3-5H2,1-2H3. The van der Waals surface area contributed by atoms with Gasteiger partial charge in [0.15, 0.2) is 0 Å². The number of hydrogen-bond donors (Lipinski definition) is 1. The largest absolute Gasteiger partial charge is 0.316 e. The fourth-order valence-electron chi connectivity index (χ4n) is 1.01. The van der Waals surface area contributed by atoms with E-state index in [2.05, 4.69) is 46.9 Å². The molecule has 0 saturated carbocycles. The van der Waals surface area contributed by atoms with E-state index in [0.29, 0.717) is 0 Å². The van der Waals surface area contributed by atoms with Crippen molar-refractivity contribution >= 4 is 0 Å². The molecule has 0 radical (unpaired) electrons. The van der Waals surface area contributed by atoms with Crippen LogP contribution in [0.25, 0.3) is 0 Å². The second-order valence-corrected chi connectivity index (χ2v) is 4.80. The first-order valence-electron chi connectivity index (χ1n) is 6.25. The molecule has 1 nitrogen and oxygen atoms in total. The third-order valence-electron chi connectivity index (χ3n) is 1.81. The molecule has 14 heavy (non-hydrogen) atoms. The lowest BCUT2D eigenvalue weighted by molar-refractivity contribution is 0.497. The molecule has 0 unspecified atom stereocenters. The molecular formula is C13H31N. The summed E-state index contributed by atoms with van der Waals surface area (Å²) in [5.41, 5.74) is 0. The molecule has 0 aromatic rings. The maximum atomic E-state index is 3.38. The van der Waals surface area contributed by atoms with Gasteiger partial charge in [0.05, 0.1) is 0 Å². The molecule has 0 atom stereocenters. The lowest BCUT2D eigenvalue weighted by Gasteiger charge is -2.08. The second kappa shape index (κ2) is 13.0. The summed E-state index contributed by atoms with van der Waals surface area (Å²) in [6, 6.07) is 0. The zero-order valence-electron chi connectivity index (χ0n) is 11.2. The first-order chi connectivity index (χ1) is 6.54. The van der Waals surface area contributed by atoms with Gasteiger partial charge in [-0.05, 0) is 24.9 Å². The first-order valence-corrected chi connectivity index (χ1v) is 6.25. The average Bonchev–Trinajstić information content (AvgIpc) is 2.05. The van der Waals surface area contributed by atoms with E-state index < -0.39 is 0 Å². The van der Waals surface area contributed by atoms with Crippen molar-refractivity contribution in [3.8, 4) is 0 Å². The van der Waals surface area contributed by atoms with Gasteiger partial charge in [-0.1, -0.05) is 60.8 Å². The van der Waals surface area contributed by atoms with E-state index in [1.807, 2.05) is 0 Å². The first kappa shape index (κ1) is 16.4. The van der Waals surface area contributed by atoms with Gasteiger partial charge in [0, 0.05) is 0 Å². The number of unbranched alkanes of at least 4 members (excludes halogenated alkanes) is 2. The van der Waals surface area contributed by atoms with Crippen molar-refractivity contribution in [1.29, 1.82) is 0 Å². The number of rotatable bonds is 6. The summed E-state index contributed by atoms with van der Waals surface area (Å²) in [4.78, 5) is 0. The predicted molar refractivity (Wildman–Crippen MR) is 67.7 cm³/mol. The van der Waals surface area contributed by atoms with Crippen molar-refractivity contribution in [2.75, 3.05) is 13.1 Å². The van der Waals surface area contributed by atoms with Crippen molar-refractivity contribution in [3.05, 3.63) is 0 Å². The quantitative estimate of drug-likeness (QED) is 0.682. The topological polar surface area (TPSA) is 12.0 Å². The Morgan fingerprint density at radius 3 is 1.29 bits per heavy atom. The smallest absolute Gasteiger partial charge is 0.00257 e. The zero-order chi connectivity index (χ0) is 11.4. The maximum Gasteiger partial charge on any atom is -0.00257 e. The second-order valence-electron chi connectivity index (χ2n) is 4.80. The summed E-state index contributed by atoms with van der Waals surface area (Å²) in [6.45, 7) is 15.6. The molecule has 0 heterocycles. The molecule has 0 spiro atoms. The van der Waals surface area contributed by atoms with Crippen molar-refractivity contribution in [2.45, 2.75) is 60.8 Å². The Kier molecular flexibility index (Phi) is 15.2. The molecule has 0 fully saturated rings. The van der Waals surface area contributed by atoms with Gasteiger partial charge in [-0.15, -0.1) is 0 Å².